The van der Waals surface area contributed by atoms with Gasteiger partial charge in [0.2, 0.25) is 0 Å². The van der Waals surface area contributed by atoms with Crippen LogP contribution in [0.4, 0.5) is 0 Å². The molecule has 0 spiro atoms. The number of carbonyl (C=O) groups excluding carboxylic acids is 4. The highest BCUT2D eigenvalue weighted by molar-refractivity contribution is 6.31. The molecule has 0 aliphatic carbocycles. The summed E-state index contributed by atoms with van der Waals surface area (Å²) in [6.45, 7) is 0. The van der Waals surface area contributed by atoms with E-state index in [0.717, 1.165) is 24.3 Å². The summed E-state index contributed by atoms with van der Waals surface area (Å²) in [6.07, 6.45) is 0. The standard InChI is InChI=1S/C12H6O10/c13-7(14)11(19)21-9(17)5-1-2-6(4-3-5)10(18)22-12(20)8(15)16/h1-4H,(H,13,14)(H,15,16). The Hall–Kier alpha value is -3.56. The second-order valence-electron chi connectivity index (χ2n) is 3.54. The predicted molar refractivity (Wildman–Crippen MR) is 62.6 cm³/mol. The van der Waals surface area contributed by atoms with Gasteiger partial charge < -0.3 is 19.7 Å². The minimum absolute atomic E-state index is 0.254. The Bertz CT molecular complexity index is 611. The molecule has 0 aliphatic heterocycles. The van der Waals surface area contributed by atoms with Crippen molar-refractivity contribution >= 4 is 35.8 Å². The van der Waals surface area contributed by atoms with E-state index in [1.807, 2.05) is 0 Å². The molecule has 1 rings (SSSR count). The van der Waals surface area contributed by atoms with Crippen LogP contribution in [0, 0.1) is 0 Å². The molecular weight excluding hydrogens is 304 g/mol. The minimum Gasteiger partial charge on any atom is -0.473 e. The van der Waals surface area contributed by atoms with E-state index in [4.69, 9.17) is 10.2 Å². The van der Waals surface area contributed by atoms with Gasteiger partial charge in [-0.25, -0.2) is 28.8 Å². The fourth-order valence-corrected chi connectivity index (χ4v) is 1.12. The zero-order valence-electron chi connectivity index (χ0n) is 10.5. The van der Waals surface area contributed by atoms with Crippen molar-refractivity contribution in [3.8, 4) is 0 Å². The monoisotopic (exact) mass is 310 g/mol. The molecule has 114 valence electrons. The molecule has 0 aromatic heterocycles. The topological polar surface area (TPSA) is 161 Å². The molecule has 10 nitrogen and oxygen atoms in total. The average Bonchev–Trinajstić information content (AvgIpc) is 2.46. The molecule has 0 heterocycles. The van der Waals surface area contributed by atoms with Crippen molar-refractivity contribution < 1.29 is 48.5 Å². The summed E-state index contributed by atoms with van der Waals surface area (Å²) in [5, 5.41) is 16.5. The van der Waals surface area contributed by atoms with E-state index in [-0.39, 0.29) is 11.1 Å². The Kier molecular flexibility index (Phi) is 5.06. The van der Waals surface area contributed by atoms with Crippen molar-refractivity contribution in [1.82, 2.24) is 0 Å². The number of carbonyl (C=O) groups is 6. The van der Waals surface area contributed by atoms with E-state index in [1.165, 1.54) is 0 Å². The first kappa shape index (κ1) is 16.5. The highest BCUT2D eigenvalue weighted by Gasteiger charge is 2.21. The van der Waals surface area contributed by atoms with Crippen molar-refractivity contribution in [1.29, 1.82) is 0 Å². The molecule has 0 unspecified atom stereocenters. The van der Waals surface area contributed by atoms with Crippen LogP contribution in [0.25, 0.3) is 0 Å². The maximum Gasteiger partial charge on any atom is 0.425 e. The van der Waals surface area contributed by atoms with Gasteiger partial charge >= 0.3 is 35.8 Å². The predicted octanol–water partition coefficient (Wildman–Crippen LogP) is -0.777. The molecule has 10 heteroatoms. The van der Waals surface area contributed by atoms with Gasteiger partial charge in [-0.05, 0) is 24.3 Å². The quantitative estimate of drug-likeness (QED) is 0.402. The lowest BCUT2D eigenvalue weighted by Gasteiger charge is -2.02. The Morgan fingerprint density at radius 2 is 0.909 bits per heavy atom. The fraction of sp³-hybridized carbons (Fsp3) is 0. The lowest BCUT2D eigenvalue weighted by atomic mass is 10.1. The van der Waals surface area contributed by atoms with Crippen molar-refractivity contribution in [2.75, 3.05) is 0 Å². The highest BCUT2D eigenvalue weighted by atomic mass is 16.6. The SMILES string of the molecule is O=C(O)C(=O)OC(=O)c1ccc(C(=O)OC(=O)C(=O)O)cc1. The molecule has 0 saturated heterocycles. The molecule has 0 fully saturated rings. The first-order chi connectivity index (χ1) is 10.2. The molecule has 2 N–H and O–H groups in total. The summed E-state index contributed by atoms with van der Waals surface area (Å²) >= 11 is 0. The van der Waals surface area contributed by atoms with Crippen LogP contribution in [0.2, 0.25) is 0 Å². The maximum atomic E-state index is 11.4. The zero-order chi connectivity index (χ0) is 16.9. The Morgan fingerprint density at radius 3 is 1.14 bits per heavy atom. The van der Waals surface area contributed by atoms with Crippen molar-refractivity contribution in [2.45, 2.75) is 0 Å². The van der Waals surface area contributed by atoms with Crippen LogP contribution in [0.1, 0.15) is 20.7 Å². The third kappa shape index (κ3) is 4.23. The molecule has 0 radical (unpaired) electrons. The Morgan fingerprint density at radius 1 is 0.636 bits per heavy atom. The number of rotatable bonds is 2. The van der Waals surface area contributed by atoms with Crippen molar-refractivity contribution in [2.24, 2.45) is 0 Å². The number of ether oxygens (including phenoxy) is 2. The molecule has 0 aliphatic rings. The normalized spacial score (nSPS) is 9.45. The first-order valence-electron chi connectivity index (χ1n) is 5.31. The second kappa shape index (κ2) is 6.74. The van der Waals surface area contributed by atoms with Crippen LogP contribution in [-0.2, 0) is 28.7 Å². The number of benzene rings is 1. The molecule has 1 aromatic carbocycles. The van der Waals surface area contributed by atoms with Gasteiger partial charge in [0.15, 0.2) is 0 Å². The van der Waals surface area contributed by atoms with Crippen molar-refractivity contribution in [3.63, 3.8) is 0 Å². The first-order valence-corrected chi connectivity index (χ1v) is 5.31. The van der Waals surface area contributed by atoms with Gasteiger partial charge in [-0.15, -0.1) is 0 Å². The van der Waals surface area contributed by atoms with Gasteiger partial charge in [-0.2, -0.15) is 0 Å². The molecule has 0 amide bonds. The summed E-state index contributed by atoms with van der Waals surface area (Å²) in [5.41, 5.74) is -0.508. The van der Waals surface area contributed by atoms with Crippen LogP contribution in [0.5, 0.6) is 0 Å². The number of aliphatic carboxylic acids is 2. The van der Waals surface area contributed by atoms with Gasteiger partial charge in [0.25, 0.3) is 0 Å². The number of esters is 4. The Balaban J connectivity index is 2.78. The molecular formula is C12H6O10. The summed E-state index contributed by atoms with van der Waals surface area (Å²) in [6, 6.07) is 3.94. The van der Waals surface area contributed by atoms with Gasteiger partial charge in [0.1, 0.15) is 0 Å². The van der Waals surface area contributed by atoms with E-state index < -0.39 is 35.8 Å². The molecule has 0 saturated carbocycles. The van der Waals surface area contributed by atoms with Crippen LogP contribution in [0.15, 0.2) is 24.3 Å². The molecule has 22 heavy (non-hydrogen) atoms. The third-order valence-corrected chi connectivity index (χ3v) is 2.08. The van der Waals surface area contributed by atoms with E-state index >= 15 is 0 Å². The summed E-state index contributed by atoms with van der Waals surface area (Å²) < 4.78 is 7.94. The lowest BCUT2D eigenvalue weighted by molar-refractivity contribution is -0.160. The van der Waals surface area contributed by atoms with Crippen LogP contribution in [0.3, 0.4) is 0 Å². The van der Waals surface area contributed by atoms with Gasteiger partial charge in [-0.1, -0.05) is 0 Å². The van der Waals surface area contributed by atoms with Crippen LogP contribution < -0.4 is 0 Å². The summed E-state index contributed by atoms with van der Waals surface area (Å²) in [5.74, 6) is -10.0. The fourth-order valence-electron chi connectivity index (χ4n) is 1.12. The Labute approximate surface area is 120 Å². The largest absolute Gasteiger partial charge is 0.473 e. The summed E-state index contributed by atoms with van der Waals surface area (Å²) in [4.78, 5) is 64.5. The minimum atomic E-state index is -1.96. The maximum absolute atomic E-state index is 11.4. The average molecular weight is 310 g/mol. The summed E-state index contributed by atoms with van der Waals surface area (Å²) in [7, 11) is 0. The molecule has 0 bridgehead atoms. The van der Waals surface area contributed by atoms with E-state index in [9.17, 15) is 28.8 Å². The molecule has 1 aromatic rings. The number of carboxylic acid groups (broad SMARTS) is 2. The smallest absolute Gasteiger partial charge is 0.425 e. The highest BCUT2D eigenvalue weighted by Crippen LogP contribution is 2.08. The number of hydrogen-bond acceptors (Lipinski definition) is 8. The lowest BCUT2D eigenvalue weighted by Crippen LogP contribution is -2.21. The van der Waals surface area contributed by atoms with Crippen molar-refractivity contribution in [3.05, 3.63) is 35.4 Å². The van der Waals surface area contributed by atoms with E-state index in [2.05, 4.69) is 9.47 Å². The van der Waals surface area contributed by atoms with E-state index in [0.29, 0.717) is 0 Å². The van der Waals surface area contributed by atoms with Crippen LogP contribution in [-0.4, -0.2) is 46.0 Å². The third-order valence-electron chi connectivity index (χ3n) is 2.08. The van der Waals surface area contributed by atoms with Gasteiger partial charge in [-0.3, -0.25) is 0 Å². The number of carboxylic acids is 2. The molecule has 0 atom stereocenters. The zero-order valence-corrected chi connectivity index (χ0v) is 10.5. The number of hydrogen-bond donors (Lipinski definition) is 2. The van der Waals surface area contributed by atoms with Gasteiger partial charge in [0.05, 0.1) is 11.1 Å². The van der Waals surface area contributed by atoms with E-state index in [1.54, 1.807) is 0 Å². The van der Waals surface area contributed by atoms with Gasteiger partial charge in [0, 0.05) is 0 Å². The second-order valence-corrected chi connectivity index (χ2v) is 3.54. The van der Waals surface area contributed by atoms with Crippen LogP contribution >= 0.6 is 0 Å².